The number of carbonyl (C=O) groups is 1. The van der Waals surface area contributed by atoms with Gasteiger partial charge in [0.05, 0.1) is 0 Å². The first kappa shape index (κ1) is 15.8. The summed E-state index contributed by atoms with van der Waals surface area (Å²) in [6.07, 6.45) is 7.56. The van der Waals surface area contributed by atoms with Gasteiger partial charge in [0.15, 0.2) is 0 Å². The van der Waals surface area contributed by atoms with Crippen molar-refractivity contribution in [2.24, 2.45) is 0 Å². The van der Waals surface area contributed by atoms with E-state index in [0.29, 0.717) is 5.69 Å². The molecular formula is C20H20FN3O. The number of aromatic amines is 1. The highest BCUT2D eigenvalue weighted by Crippen LogP contribution is 2.25. The molecule has 1 aliphatic rings. The summed E-state index contributed by atoms with van der Waals surface area (Å²) in [6.45, 7) is 0.781. The lowest BCUT2D eigenvalue weighted by molar-refractivity contribution is 0.0725. The SMILES string of the molecule is O=C(c1cc2cc(F)ccc2[nH]1)N1CCCC1CCc1ccncc1. The number of rotatable bonds is 4. The number of amides is 1. The molecule has 1 atom stereocenters. The zero-order valence-electron chi connectivity index (χ0n) is 13.9. The molecule has 4 rings (SSSR count). The molecule has 3 aromatic rings. The number of benzene rings is 1. The van der Waals surface area contributed by atoms with Crippen LogP contribution in [0.4, 0.5) is 4.39 Å². The summed E-state index contributed by atoms with van der Waals surface area (Å²) < 4.78 is 13.4. The van der Waals surface area contributed by atoms with E-state index in [-0.39, 0.29) is 17.8 Å². The fourth-order valence-electron chi connectivity index (χ4n) is 3.66. The lowest BCUT2D eigenvalue weighted by Gasteiger charge is -2.24. The third kappa shape index (κ3) is 3.27. The number of hydrogen-bond acceptors (Lipinski definition) is 2. The number of halogens is 1. The molecule has 4 nitrogen and oxygen atoms in total. The highest BCUT2D eigenvalue weighted by molar-refractivity contribution is 5.98. The third-order valence-electron chi connectivity index (χ3n) is 4.97. The van der Waals surface area contributed by atoms with E-state index in [1.165, 1.54) is 17.7 Å². The predicted octanol–water partition coefficient (Wildman–Crippen LogP) is 3.94. The van der Waals surface area contributed by atoms with E-state index in [0.717, 1.165) is 43.1 Å². The van der Waals surface area contributed by atoms with Gasteiger partial charge in [-0.2, -0.15) is 0 Å². The Bertz CT molecular complexity index is 890. The number of likely N-dealkylation sites (tertiary alicyclic amines) is 1. The zero-order chi connectivity index (χ0) is 17.2. The Morgan fingerprint density at radius 1 is 1.24 bits per heavy atom. The van der Waals surface area contributed by atoms with E-state index in [1.54, 1.807) is 24.5 Å². The van der Waals surface area contributed by atoms with Gasteiger partial charge in [0.1, 0.15) is 11.5 Å². The molecule has 1 aliphatic heterocycles. The quantitative estimate of drug-likeness (QED) is 0.784. The van der Waals surface area contributed by atoms with Gasteiger partial charge < -0.3 is 9.88 Å². The van der Waals surface area contributed by atoms with Crippen LogP contribution in [0.5, 0.6) is 0 Å². The highest BCUT2D eigenvalue weighted by atomic mass is 19.1. The lowest BCUT2D eigenvalue weighted by Crippen LogP contribution is -2.36. The molecule has 1 aromatic carbocycles. The Kier molecular flexibility index (Phi) is 4.22. The number of hydrogen-bond donors (Lipinski definition) is 1. The molecule has 2 aromatic heterocycles. The monoisotopic (exact) mass is 337 g/mol. The molecule has 128 valence electrons. The van der Waals surface area contributed by atoms with Gasteiger partial charge in [-0.05, 0) is 67.6 Å². The van der Waals surface area contributed by atoms with Crippen LogP contribution < -0.4 is 0 Å². The summed E-state index contributed by atoms with van der Waals surface area (Å²) in [5, 5.41) is 0.732. The first-order valence-corrected chi connectivity index (χ1v) is 8.69. The Labute approximate surface area is 145 Å². The van der Waals surface area contributed by atoms with E-state index in [9.17, 15) is 9.18 Å². The maximum absolute atomic E-state index is 13.4. The van der Waals surface area contributed by atoms with Gasteiger partial charge >= 0.3 is 0 Å². The number of carbonyl (C=O) groups excluding carboxylic acids is 1. The van der Waals surface area contributed by atoms with Crippen LogP contribution in [0.1, 0.15) is 35.3 Å². The molecule has 0 saturated carbocycles. The van der Waals surface area contributed by atoms with Gasteiger partial charge in [-0.3, -0.25) is 9.78 Å². The Balaban J connectivity index is 1.49. The van der Waals surface area contributed by atoms with Gasteiger partial charge in [0, 0.05) is 35.9 Å². The summed E-state index contributed by atoms with van der Waals surface area (Å²) in [5.74, 6) is -0.282. The van der Waals surface area contributed by atoms with E-state index < -0.39 is 0 Å². The molecule has 0 bridgehead atoms. The van der Waals surface area contributed by atoms with Crippen molar-refractivity contribution in [2.75, 3.05) is 6.54 Å². The molecule has 25 heavy (non-hydrogen) atoms. The van der Waals surface area contributed by atoms with Gasteiger partial charge in [-0.1, -0.05) is 0 Å². The van der Waals surface area contributed by atoms with Crippen molar-refractivity contribution in [1.29, 1.82) is 0 Å². The molecule has 0 spiro atoms. The number of pyridine rings is 1. The van der Waals surface area contributed by atoms with Gasteiger partial charge in [-0.15, -0.1) is 0 Å². The molecule has 1 unspecified atom stereocenters. The van der Waals surface area contributed by atoms with Crippen LogP contribution in [0.15, 0.2) is 48.8 Å². The summed E-state index contributed by atoms with van der Waals surface area (Å²) in [7, 11) is 0. The van der Waals surface area contributed by atoms with Crippen LogP contribution in [0.3, 0.4) is 0 Å². The minimum absolute atomic E-state index is 0.00818. The summed E-state index contributed by atoms with van der Waals surface area (Å²) >= 11 is 0. The first-order chi connectivity index (χ1) is 12.2. The van der Waals surface area contributed by atoms with Crippen LogP contribution in [0, 0.1) is 5.82 Å². The van der Waals surface area contributed by atoms with Crippen LogP contribution in [-0.2, 0) is 6.42 Å². The smallest absolute Gasteiger partial charge is 0.270 e. The molecule has 1 amide bonds. The average molecular weight is 337 g/mol. The molecule has 1 N–H and O–H groups in total. The second-order valence-corrected chi connectivity index (χ2v) is 6.60. The molecular weight excluding hydrogens is 317 g/mol. The summed E-state index contributed by atoms with van der Waals surface area (Å²) in [6, 6.07) is 10.6. The Morgan fingerprint density at radius 2 is 2.08 bits per heavy atom. The topological polar surface area (TPSA) is 49.0 Å². The standard InChI is InChI=1S/C20H20FN3O/c21-16-4-6-18-15(12-16)13-19(23-18)20(25)24-11-1-2-17(24)5-3-14-7-9-22-10-8-14/h4,6-10,12-13,17,23H,1-3,5,11H2. The number of nitrogens with one attached hydrogen (secondary N) is 1. The minimum Gasteiger partial charge on any atom is -0.351 e. The Morgan fingerprint density at radius 3 is 2.92 bits per heavy atom. The van der Waals surface area contributed by atoms with Gasteiger partial charge in [-0.25, -0.2) is 4.39 Å². The number of nitrogens with zero attached hydrogens (tertiary/aromatic N) is 2. The normalized spacial score (nSPS) is 17.3. The van der Waals surface area contributed by atoms with Crippen LogP contribution >= 0.6 is 0 Å². The fraction of sp³-hybridized carbons (Fsp3) is 0.300. The van der Waals surface area contributed by atoms with Crippen molar-refractivity contribution in [3.05, 3.63) is 65.9 Å². The zero-order valence-corrected chi connectivity index (χ0v) is 13.9. The number of aromatic nitrogens is 2. The van der Waals surface area contributed by atoms with E-state index >= 15 is 0 Å². The van der Waals surface area contributed by atoms with Gasteiger partial charge in [0.25, 0.3) is 5.91 Å². The Hall–Kier alpha value is -2.69. The van der Waals surface area contributed by atoms with Crippen molar-refractivity contribution in [2.45, 2.75) is 31.7 Å². The van der Waals surface area contributed by atoms with Crippen molar-refractivity contribution in [3.63, 3.8) is 0 Å². The van der Waals surface area contributed by atoms with Crippen molar-refractivity contribution in [1.82, 2.24) is 14.9 Å². The maximum Gasteiger partial charge on any atom is 0.270 e. The van der Waals surface area contributed by atoms with Gasteiger partial charge in [0.2, 0.25) is 0 Å². The second kappa shape index (κ2) is 6.67. The van der Waals surface area contributed by atoms with E-state index in [2.05, 4.69) is 9.97 Å². The first-order valence-electron chi connectivity index (χ1n) is 8.69. The molecule has 1 saturated heterocycles. The predicted molar refractivity (Wildman–Crippen MR) is 94.9 cm³/mol. The summed E-state index contributed by atoms with van der Waals surface area (Å²) in [4.78, 5) is 22.0. The van der Waals surface area contributed by atoms with Crippen molar-refractivity contribution < 1.29 is 9.18 Å². The molecule has 0 radical (unpaired) electrons. The minimum atomic E-state index is -0.290. The van der Waals surface area contributed by atoms with E-state index in [4.69, 9.17) is 0 Å². The molecule has 3 heterocycles. The molecule has 0 aliphatic carbocycles. The van der Waals surface area contributed by atoms with Crippen molar-refractivity contribution >= 4 is 16.8 Å². The number of fused-ring (bicyclic) bond motifs is 1. The molecule has 1 fully saturated rings. The second-order valence-electron chi connectivity index (χ2n) is 6.60. The van der Waals surface area contributed by atoms with Crippen LogP contribution in [0.2, 0.25) is 0 Å². The number of H-pyrrole nitrogens is 1. The lowest BCUT2D eigenvalue weighted by atomic mass is 10.0. The maximum atomic E-state index is 13.4. The largest absolute Gasteiger partial charge is 0.351 e. The van der Waals surface area contributed by atoms with Crippen LogP contribution in [-0.4, -0.2) is 33.4 Å². The average Bonchev–Trinajstić information content (AvgIpc) is 3.26. The van der Waals surface area contributed by atoms with Crippen molar-refractivity contribution in [3.8, 4) is 0 Å². The molecule has 5 heteroatoms. The highest BCUT2D eigenvalue weighted by Gasteiger charge is 2.29. The van der Waals surface area contributed by atoms with Crippen LogP contribution in [0.25, 0.3) is 10.9 Å². The number of aryl methyl sites for hydroxylation is 1. The fourth-order valence-corrected chi connectivity index (χ4v) is 3.66. The van der Waals surface area contributed by atoms with E-state index in [1.807, 2.05) is 17.0 Å². The third-order valence-corrected chi connectivity index (χ3v) is 4.97. The summed E-state index contributed by atoms with van der Waals surface area (Å²) in [5.41, 5.74) is 2.57.